The second-order valence-corrected chi connectivity index (χ2v) is 10.5. The molecule has 14 heteroatoms. The van der Waals surface area contributed by atoms with Crippen LogP contribution in [0.1, 0.15) is 36.0 Å². The SMILES string of the molecule is CS(=O)(=O)N1CCC(Nc2ncc(F)c(-c3sc(C4CCN4)nc3C(F)(F)F)n2)CC1. The van der Waals surface area contributed by atoms with Crippen molar-refractivity contribution in [2.24, 2.45) is 0 Å². The summed E-state index contributed by atoms with van der Waals surface area (Å²) in [5.74, 6) is -0.987. The number of hydrogen-bond donors (Lipinski definition) is 2. The molecular weight excluding hydrogens is 460 g/mol. The van der Waals surface area contributed by atoms with E-state index in [0.29, 0.717) is 38.9 Å². The van der Waals surface area contributed by atoms with Gasteiger partial charge in [-0.15, -0.1) is 11.3 Å². The monoisotopic (exact) mass is 480 g/mol. The Bertz CT molecular complexity index is 1060. The average Bonchev–Trinajstić information content (AvgIpc) is 3.06. The number of nitrogens with one attached hydrogen (secondary N) is 2. The van der Waals surface area contributed by atoms with E-state index in [0.717, 1.165) is 23.8 Å². The Morgan fingerprint density at radius 1 is 1.23 bits per heavy atom. The molecule has 2 aromatic rings. The standard InChI is InChI=1S/C17H20F4N6O2S2/c1-31(28,29)27-6-3-9(4-7-27)24-16-23-8-10(18)12(25-16)13-14(17(19,20)21)26-15(30-13)11-2-5-22-11/h8-9,11,22H,2-7H2,1H3,(H,23,24,25). The molecule has 0 spiro atoms. The molecule has 0 radical (unpaired) electrons. The van der Waals surface area contributed by atoms with E-state index in [9.17, 15) is 26.0 Å². The lowest BCUT2D eigenvalue weighted by atomic mass is 10.1. The number of thiazole rings is 1. The van der Waals surface area contributed by atoms with Crippen LogP contribution < -0.4 is 10.6 Å². The lowest BCUT2D eigenvalue weighted by Gasteiger charge is -2.30. The molecule has 8 nitrogen and oxygen atoms in total. The highest BCUT2D eigenvalue weighted by molar-refractivity contribution is 7.88. The largest absolute Gasteiger partial charge is 0.434 e. The fraction of sp³-hybridized carbons (Fsp3) is 0.588. The molecule has 31 heavy (non-hydrogen) atoms. The highest BCUT2D eigenvalue weighted by Crippen LogP contribution is 2.43. The maximum Gasteiger partial charge on any atom is 0.434 e. The van der Waals surface area contributed by atoms with Crippen LogP contribution in [0.2, 0.25) is 0 Å². The summed E-state index contributed by atoms with van der Waals surface area (Å²) in [6.07, 6.45) is -1.19. The van der Waals surface area contributed by atoms with Crippen molar-refractivity contribution in [2.45, 2.75) is 37.5 Å². The van der Waals surface area contributed by atoms with E-state index in [2.05, 4.69) is 25.6 Å². The molecule has 0 aromatic carbocycles. The summed E-state index contributed by atoms with van der Waals surface area (Å²) in [5.41, 5.74) is -1.62. The minimum atomic E-state index is -4.75. The molecule has 4 rings (SSSR count). The number of rotatable bonds is 5. The zero-order valence-corrected chi connectivity index (χ0v) is 18.0. The number of anilines is 1. The van der Waals surface area contributed by atoms with E-state index in [-0.39, 0.29) is 27.9 Å². The van der Waals surface area contributed by atoms with Crippen LogP contribution in [0.15, 0.2) is 6.20 Å². The van der Waals surface area contributed by atoms with Gasteiger partial charge in [-0.05, 0) is 25.8 Å². The summed E-state index contributed by atoms with van der Waals surface area (Å²) >= 11 is 0.770. The predicted octanol–water partition coefficient (Wildman–Crippen LogP) is 2.63. The number of sulfonamides is 1. The van der Waals surface area contributed by atoms with E-state index in [4.69, 9.17) is 0 Å². The van der Waals surface area contributed by atoms with Crippen LogP contribution in [0.3, 0.4) is 0 Å². The second kappa shape index (κ2) is 8.22. The summed E-state index contributed by atoms with van der Waals surface area (Å²) < 4.78 is 79.7. The van der Waals surface area contributed by atoms with Crippen LogP contribution in [0.4, 0.5) is 23.5 Å². The van der Waals surface area contributed by atoms with Gasteiger partial charge in [-0.2, -0.15) is 13.2 Å². The van der Waals surface area contributed by atoms with Gasteiger partial charge in [-0.1, -0.05) is 0 Å². The molecular formula is C17H20F4N6O2S2. The number of piperidine rings is 1. The Labute approximate surface area is 180 Å². The van der Waals surface area contributed by atoms with E-state index < -0.39 is 33.4 Å². The summed E-state index contributed by atoms with van der Waals surface area (Å²) in [6.45, 7) is 1.29. The molecule has 0 amide bonds. The van der Waals surface area contributed by atoms with Crippen LogP contribution in [0.25, 0.3) is 10.6 Å². The first-order chi connectivity index (χ1) is 14.5. The van der Waals surface area contributed by atoms with Crippen LogP contribution in [-0.2, 0) is 16.2 Å². The van der Waals surface area contributed by atoms with Gasteiger partial charge in [-0.3, -0.25) is 0 Å². The normalized spacial score (nSPS) is 21.1. The second-order valence-electron chi connectivity index (χ2n) is 7.49. The van der Waals surface area contributed by atoms with Crippen LogP contribution in [-0.4, -0.2) is 59.6 Å². The molecule has 2 aliphatic rings. The number of alkyl halides is 3. The third-order valence-corrected chi connectivity index (χ3v) is 7.73. The fourth-order valence-electron chi connectivity index (χ4n) is 3.45. The number of halogens is 4. The molecule has 170 valence electrons. The molecule has 2 aromatic heterocycles. The maximum absolute atomic E-state index is 14.5. The molecule has 0 bridgehead atoms. The first-order valence-corrected chi connectivity index (χ1v) is 12.2. The van der Waals surface area contributed by atoms with Crippen molar-refractivity contribution in [1.82, 2.24) is 24.6 Å². The highest BCUT2D eigenvalue weighted by atomic mass is 32.2. The van der Waals surface area contributed by atoms with Crippen LogP contribution in [0, 0.1) is 5.82 Å². The van der Waals surface area contributed by atoms with Gasteiger partial charge in [0.25, 0.3) is 0 Å². The minimum absolute atomic E-state index is 0.0148. The Kier molecular flexibility index (Phi) is 5.91. The van der Waals surface area contributed by atoms with Crippen LogP contribution in [0.5, 0.6) is 0 Å². The first-order valence-electron chi connectivity index (χ1n) is 9.58. The number of aromatic nitrogens is 3. The third-order valence-electron chi connectivity index (χ3n) is 5.25. The van der Waals surface area contributed by atoms with Crippen molar-refractivity contribution >= 4 is 27.3 Å². The van der Waals surface area contributed by atoms with Crippen molar-refractivity contribution in [1.29, 1.82) is 0 Å². The van der Waals surface area contributed by atoms with E-state index in [1.807, 2.05) is 0 Å². The Morgan fingerprint density at radius 3 is 2.45 bits per heavy atom. The average molecular weight is 481 g/mol. The van der Waals surface area contributed by atoms with Crippen molar-refractivity contribution in [3.63, 3.8) is 0 Å². The minimum Gasteiger partial charge on any atom is -0.351 e. The van der Waals surface area contributed by atoms with Gasteiger partial charge in [0.2, 0.25) is 16.0 Å². The molecule has 1 atom stereocenters. The zero-order chi connectivity index (χ0) is 22.4. The van der Waals surface area contributed by atoms with Crippen LogP contribution >= 0.6 is 11.3 Å². The predicted molar refractivity (Wildman–Crippen MR) is 107 cm³/mol. The summed E-state index contributed by atoms with van der Waals surface area (Å²) in [6, 6.07) is -0.461. The Hall–Kier alpha value is -1.90. The molecule has 4 heterocycles. The molecule has 2 aliphatic heterocycles. The van der Waals surface area contributed by atoms with Crippen molar-refractivity contribution in [3.05, 3.63) is 22.7 Å². The molecule has 2 saturated heterocycles. The molecule has 2 N–H and O–H groups in total. The summed E-state index contributed by atoms with van der Waals surface area (Å²) in [5, 5.41) is 6.22. The zero-order valence-electron chi connectivity index (χ0n) is 16.4. The number of hydrogen-bond acceptors (Lipinski definition) is 8. The fourth-order valence-corrected chi connectivity index (χ4v) is 5.51. The van der Waals surface area contributed by atoms with Gasteiger partial charge in [0.1, 0.15) is 10.7 Å². The molecule has 0 aliphatic carbocycles. The van der Waals surface area contributed by atoms with Gasteiger partial charge in [0, 0.05) is 19.1 Å². The van der Waals surface area contributed by atoms with Gasteiger partial charge >= 0.3 is 6.18 Å². The quantitative estimate of drug-likeness (QED) is 0.635. The van der Waals surface area contributed by atoms with Gasteiger partial charge in [-0.25, -0.2) is 32.1 Å². The van der Waals surface area contributed by atoms with E-state index >= 15 is 0 Å². The van der Waals surface area contributed by atoms with Gasteiger partial charge in [0.15, 0.2) is 11.5 Å². The molecule has 1 unspecified atom stereocenters. The van der Waals surface area contributed by atoms with Crippen molar-refractivity contribution in [3.8, 4) is 10.6 Å². The third kappa shape index (κ3) is 4.81. The molecule has 0 saturated carbocycles. The van der Waals surface area contributed by atoms with Crippen molar-refractivity contribution < 1.29 is 26.0 Å². The van der Waals surface area contributed by atoms with Crippen molar-refractivity contribution in [2.75, 3.05) is 31.2 Å². The van der Waals surface area contributed by atoms with Gasteiger partial charge in [0.05, 0.1) is 23.4 Å². The summed E-state index contributed by atoms with van der Waals surface area (Å²) in [4.78, 5) is 11.2. The van der Waals surface area contributed by atoms with E-state index in [1.165, 1.54) is 4.31 Å². The van der Waals surface area contributed by atoms with Gasteiger partial charge < -0.3 is 10.6 Å². The van der Waals surface area contributed by atoms with E-state index in [1.54, 1.807) is 0 Å². The number of nitrogens with zero attached hydrogens (tertiary/aromatic N) is 4. The smallest absolute Gasteiger partial charge is 0.351 e. The Balaban J connectivity index is 1.58. The first kappa shape index (κ1) is 22.3. The Morgan fingerprint density at radius 2 is 1.90 bits per heavy atom. The maximum atomic E-state index is 14.5. The highest BCUT2D eigenvalue weighted by Gasteiger charge is 2.40. The molecule has 2 fully saturated rings. The topological polar surface area (TPSA) is 100 Å². The lowest BCUT2D eigenvalue weighted by molar-refractivity contribution is -0.140. The lowest BCUT2D eigenvalue weighted by Crippen LogP contribution is -2.42. The summed E-state index contributed by atoms with van der Waals surface area (Å²) in [7, 11) is -3.28.